The van der Waals surface area contributed by atoms with Crippen molar-refractivity contribution in [3.05, 3.63) is 59.7 Å². The van der Waals surface area contributed by atoms with E-state index in [4.69, 9.17) is 4.74 Å². The third-order valence-corrected chi connectivity index (χ3v) is 7.84. The summed E-state index contributed by atoms with van der Waals surface area (Å²) >= 11 is 0. The number of fused-ring (bicyclic) bond motifs is 3. The minimum absolute atomic E-state index is 0.0161. The lowest BCUT2D eigenvalue weighted by Crippen LogP contribution is -2.47. The quantitative estimate of drug-likeness (QED) is 0.700. The first-order valence-corrected chi connectivity index (χ1v) is 12.1. The molecule has 0 spiro atoms. The van der Waals surface area contributed by atoms with Crippen molar-refractivity contribution in [2.45, 2.75) is 50.6 Å². The molecule has 2 aromatic rings. The number of nitrogens with zero attached hydrogens (tertiary/aromatic N) is 1. The van der Waals surface area contributed by atoms with E-state index in [9.17, 15) is 19.5 Å². The maximum Gasteiger partial charge on any atom is 0.407 e. The van der Waals surface area contributed by atoms with Gasteiger partial charge in [0.1, 0.15) is 6.61 Å². The Morgan fingerprint density at radius 1 is 0.971 bits per heavy atom. The second-order valence-corrected chi connectivity index (χ2v) is 9.62. The number of aliphatic carboxylic acids is 1. The number of carbonyl (C=O) groups excluding carboxylic acids is 2. The zero-order valence-corrected chi connectivity index (χ0v) is 19.3. The van der Waals surface area contributed by atoms with Crippen molar-refractivity contribution >= 4 is 18.0 Å². The van der Waals surface area contributed by atoms with Gasteiger partial charge < -0.3 is 20.1 Å². The van der Waals surface area contributed by atoms with E-state index in [1.807, 2.05) is 24.3 Å². The highest BCUT2D eigenvalue weighted by Gasteiger charge is 2.43. The van der Waals surface area contributed by atoms with Gasteiger partial charge in [-0.15, -0.1) is 0 Å². The van der Waals surface area contributed by atoms with Gasteiger partial charge in [0.05, 0.1) is 11.8 Å². The maximum absolute atomic E-state index is 13.2. The zero-order valence-electron chi connectivity index (χ0n) is 19.3. The number of benzene rings is 2. The Balaban J connectivity index is 1.21. The number of carbonyl (C=O) groups is 3. The van der Waals surface area contributed by atoms with Crippen LogP contribution in [-0.2, 0) is 14.3 Å². The van der Waals surface area contributed by atoms with Crippen LogP contribution in [0, 0.1) is 11.8 Å². The first kappa shape index (κ1) is 22.4. The van der Waals surface area contributed by atoms with E-state index < -0.39 is 18.0 Å². The number of ether oxygens (including phenoxy) is 1. The second-order valence-electron chi connectivity index (χ2n) is 9.62. The molecule has 0 bridgehead atoms. The van der Waals surface area contributed by atoms with Crippen molar-refractivity contribution in [1.82, 2.24) is 10.2 Å². The summed E-state index contributed by atoms with van der Waals surface area (Å²) in [6.07, 6.45) is 2.21. The van der Waals surface area contributed by atoms with Crippen molar-refractivity contribution in [2.24, 2.45) is 11.8 Å². The highest BCUT2D eigenvalue weighted by molar-refractivity contribution is 5.83. The van der Waals surface area contributed by atoms with Gasteiger partial charge in [-0.2, -0.15) is 0 Å². The fourth-order valence-corrected chi connectivity index (χ4v) is 6.01. The molecule has 4 atom stereocenters. The number of carboxylic acids is 1. The Hall–Kier alpha value is -3.35. The van der Waals surface area contributed by atoms with Gasteiger partial charge in [-0.3, -0.25) is 9.59 Å². The summed E-state index contributed by atoms with van der Waals surface area (Å²) in [5.41, 5.74) is 4.66. The third-order valence-electron chi connectivity index (χ3n) is 7.84. The average Bonchev–Trinajstić information content (AvgIpc) is 3.53. The SMILES string of the molecule is CC1C(C(=O)O)CCN1C(=O)[C@@H]1CCC[C@@H]1NC(=O)OCC1c2ccccc2-c2ccccc21. The van der Waals surface area contributed by atoms with Crippen LogP contribution in [0.15, 0.2) is 48.5 Å². The maximum atomic E-state index is 13.2. The standard InChI is InChI=1S/C27H30N2O5/c1-16-17(26(31)32)13-14-29(16)25(30)22-11-6-12-24(22)28-27(33)34-15-23-20-9-4-2-7-18(20)19-8-3-5-10-21(19)23/h2-5,7-10,16-17,22-24H,6,11-15H2,1H3,(H,28,33)(H,31,32)/t16?,17?,22-,24+/m1/s1. The van der Waals surface area contributed by atoms with Gasteiger partial charge in [-0.05, 0) is 48.4 Å². The van der Waals surface area contributed by atoms with E-state index in [2.05, 4.69) is 29.6 Å². The summed E-state index contributed by atoms with van der Waals surface area (Å²) in [6, 6.07) is 15.8. The van der Waals surface area contributed by atoms with Crippen LogP contribution >= 0.6 is 0 Å². The lowest BCUT2D eigenvalue weighted by atomic mass is 9.98. The fourth-order valence-electron chi connectivity index (χ4n) is 6.01. The van der Waals surface area contributed by atoms with E-state index in [1.54, 1.807) is 11.8 Å². The molecule has 5 rings (SSSR count). The summed E-state index contributed by atoms with van der Waals surface area (Å²) in [6.45, 7) is 2.48. The molecule has 1 saturated carbocycles. The topological polar surface area (TPSA) is 95.9 Å². The molecule has 0 aromatic heterocycles. The Morgan fingerprint density at radius 3 is 2.24 bits per heavy atom. The molecular formula is C27H30N2O5. The molecule has 2 N–H and O–H groups in total. The molecule has 1 saturated heterocycles. The number of likely N-dealkylation sites (tertiary alicyclic amines) is 1. The average molecular weight is 463 g/mol. The van der Waals surface area contributed by atoms with E-state index in [0.717, 1.165) is 17.5 Å². The van der Waals surface area contributed by atoms with Crippen LogP contribution in [-0.4, -0.2) is 53.2 Å². The smallest absolute Gasteiger partial charge is 0.407 e. The summed E-state index contributed by atoms with van der Waals surface area (Å²) in [4.78, 5) is 39.1. The van der Waals surface area contributed by atoms with Gasteiger partial charge in [0, 0.05) is 24.5 Å². The number of hydrogen-bond acceptors (Lipinski definition) is 4. The molecule has 2 fully saturated rings. The van der Waals surface area contributed by atoms with E-state index in [1.165, 1.54) is 11.1 Å². The van der Waals surface area contributed by atoms with E-state index in [-0.39, 0.29) is 36.4 Å². The Labute approximate surface area is 199 Å². The van der Waals surface area contributed by atoms with Crippen LogP contribution in [0.4, 0.5) is 4.79 Å². The van der Waals surface area contributed by atoms with Crippen LogP contribution in [0.2, 0.25) is 0 Å². The monoisotopic (exact) mass is 462 g/mol. The summed E-state index contributed by atoms with van der Waals surface area (Å²) in [5.74, 6) is -1.80. The van der Waals surface area contributed by atoms with Gasteiger partial charge in [0.2, 0.25) is 5.91 Å². The van der Waals surface area contributed by atoms with Gasteiger partial charge in [-0.1, -0.05) is 55.0 Å². The summed E-state index contributed by atoms with van der Waals surface area (Å²) in [7, 11) is 0. The molecule has 2 unspecified atom stereocenters. The molecule has 34 heavy (non-hydrogen) atoms. The predicted octanol–water partition coefficient (Wildman–Crippen LogP) is 4.02. The first-order valence-electron chi connectivity index (χ1n) is 12.1. The van der Waals surface area contributed by atoms with Crippen LogP contribution in [0.3, 0.4) is 0 Å². The molecule has 2 aliphatic carbocycles. The third kappa shape index (κ3) is 3.93. The van der Waals surface area contributed by atoms with Gasteiger partial charge in [0.25, 0.3) is 0 Å². The number of alkyl carbamates (subject to hydrolysis) is 1. The van der Waals surface area contributed by atoms with Crippen molar-refractivity contribution < 1.29 is 24.2 Å². The Kier molecular flexibility index (Phi) is 6.02. The molecule has 1 aliphatic heterocycles. The lowest BCUT2D eigenvalue weighted by molar-refractivity contribution is -0.143. The number of hydrogen-bond donors (Lipinski definition) is 2. The lowest BCUT2D eigenvalue weighted by Gasteiger charge is -2.29. The molecule has 1 heterocycles. The minimum Gasteiger partial charge on any atom is -0.481 e. The number of rotatable bonds is 5. The summed E-state index contributed by atoms with van der Waals surface area (Å²) in [5, 5.41) is 12.3. The molecule has 0 radical (unpaired) electrons. The Bertz CT molecular complexity index is 1070. The highest BCUT2D eigenvalue weighted by Crippen LogP contribution is 2.44. The van der Waals surface area contributed by atoms with Crippen molar-refractivity contribution in [3.63, 3.8) is 0 Å². The molecule has 7 nitrogen and oxygen atoms in total. The molecule has 178 valence electrons. The van der Waals surface area contributed by atoms with Crippen molar-refractivity contribution in [3.8, 4) is 11.1 Å². The first-order chi connectivity index (χ1) is 16.5. The predicted molar refractivity (Wildman–Crippen MR) is 126 cm³/mol. The Morgan fingerprint density at radius 2 is 1.62 bits per heavy atom. The van der Waals surface area contributed by atoms with Gasteiger partial charge in [-0.25, -0.2) is 4.79 Å². The van der Waals surface area contributed by atoms with Gasteiger partial charge >= 0.3 is 12.1 Å². The highest BCUT2D eigenvalue weighted by atomic mass is 16.5. The van der Waals surface area contributed by atoms with Crippen LogP contribution < -0.4 is 5.32 Å². The molecular weight excluding hydrogens is 432 g/mol. The van der Waals surface area contributed by atoms with Gasteiger partial charge in [0.15, 0.2) is 0 Å². The number of amides is 2. The van der Waals surface area contributed by atoms with Crippen LogP contribution in [0.25, 0.3) is 11.1 Å². The molecule has 7 heteroatoms. The molecule has 2 amide bonds. The normalized spacial score (nSPS) is 25.6. The second kappa shape index (κ2) is 9.12. The molecule has 2 aromatic carbocycles. The zero-order chi connectivity index (χ0) is 23.8. The largest absolute Gasteiger partial charge is 0.481 e. The minimum atomic E-state index is -0.859. The van der Waals surface area contributed by atoms with Crippen LogP contribution in [0.5, 0.6) is 0 Å². The van der Waals surface area contributed by atoms with E-state index in [0.29, 0.717) is 25.8 Å². The number of nitrogens with one attached hydrogen (secondary N) is 1. The van der Waals surface area contributed by atoms with E-state index >= 15 is 0 Å². The van der Waals surface area contributed by atoms with Crippen molar-refractivity contribution in [1.29, 1.82) is 0 Å². The summed E-state index contributed by atoms with van der Waals surface area (Å²) < 4.78 is 5.67. The van der Waals surface area contributed by atoms with Crippen molar-refractivity contribution in [2.75, 3.05) is 13.2 Å². The number of carboxylic acid groups (broad SMARTS) is 1. The molecule has 3 aliphatic rings. The van der Waals surface area contributed by atoms with Crippen LogP contribution in [0.1, 0.15) is 49.7 Å². The fraction of sp³-hybridized carbons (Fsp3) is 0.444.